The van der Waals surface area contributed by atoms with Crippen LogP contribution in [0, 0.1) is 22.7 Å². The summed E-state index contributed by atoms with van der Waals surface area (Å²) in [4.78, 5) is 15.1. The highest BCUT2D eigenvalue weighted by Crippen LogP contribution is 2.47. The van der Waals surface area contributed by atoms with E-state index >= 15 is 0 Å². The summed E-state index contributed by atoms with van der Waals surface area (Å²) in [5, 5.41) is 9.31. The van der Waals surface area contributed by atoms with Crippen LogP contribution in [0.4, 0.5) is 5.69 Å². The van der Waals surface area contributed by atoms with Gasteiger partial charge in [0.05, 0.1) is 17.0 Å². The molecule has 1 aliphatic heterocycles. The molecule has 0 aliphatic carbocycles. The predicted molar refractivity (Wildman–Crippen MR) is 117 cm³/mol. The van der Waals surface area contributed by atoms with Crippen LogP contribution in [0.1, 0.15) is 52.7 Å². The number of anilines is 1. The Balaban J connectivity index is 2.24. The molecule has 1 atom stereocenters. The van der Waals surface area contributed by atoms with E-state index in [1.807, 2.05) is 45.0 Å². The van der Waals surface area contributed by atoms with Crippen molar-refractivity contribution in [3.8, 4) is 22.9 Å². The lowest BCUT2D eigenvalue weighted by Gasteiger charge is -2.47. The second-order valence-corrected chi connectivity index (χ2v) is 9.59. The van der Waals surface area contributed by atoms with Gasteiger partial charge in [0.15, 0.2) is 0 Å². The molecule has 0 N–H and O–H groups in total. The molecule has 152 valence electrons. The summed E-state index contributed by atoms with van der Waals surface area (Å²) in [6.45, 7) is 12.3. The van der Waals surface area contributed by atoms with Gasteiger partial charge in [0.1, 0.15) is 5.75 Å². The summed E-state index contributed by atoms with van der Waals surface area (Å²) in [6.07, 6.45) is 0.825. The molecule has 4 heteroatoms. The van der Waals surface area contributed by atoms with Crippen LogP contribution in [-0.4, -0.2) is 18.6 Å². The van der Waals surface area contributed by atoms with E-state index in [0.717, 1.165) is 28.8 Å². The molecule has 0 saturated heterocycles. The highest BCUT2D eigenvalue weighted by atomic mass is 16.5. The number of nitrogens with zero attached hydrogens (tertiary/aromatic N) is 2. The zero-order valence-corrected chi connectivity index (χ0v) is 18.5. The van der Waals surface area contributed by atoms with Gasteiger partial charge in [-0.05, 0) is 76.8 Å². The van der Waals surface area contributed by atoms with Crippen molar-refractivity contribution < 1.29 is 9.53 Å². The van der Waals surface area contributed by atoms with Gasteiger partial charge in [0, 0.05) is 29.4 Å². The number of nitriles is 1. The average Bonchev–Trinajstić information content (AvgIpc) is 2.66. The second kappa shape index (κ2) is 7.22. The molecule has 2 aromatic carbocycles. The second-order valence-electron chi connectivity index (χ2n) is 9.59. The van der Waals surface area contributed by atoms with Gasteiger partial charge in [-0.3, -0.25) is 4.79 Å². The van der Waals surface area contributed by atoms with Crippen molar-refractivity contribution in [1.82, 2.24) is 0 Å². The Hall–Kier alpha value is -2.80. The Morgan fingerprint density at radius 1 is 1.24 bits per heavy atom. The smallest absolute Gasteiger partial charge is 0.316 e. The van der Waals surface area contributed by atoms with Crippen molar-refractivity contribution in [3.63, 3.8) is 0 Å². The van der Waals surface area contributed by atoms with Crippen LogP contribution in [0.25, 0.3) is 11.1 Å². The molecule has 0 radical (unpaired) electrons. The van der Waals surface area contributed by atoms with E-state index in [4.69, 9.17) is 4.74 Å². The zero-order chi connectivity index (χ0) is 21.6. The van der Waals surface area contributed by atoms with Gasteiger partial charge < -0.3 is 9.64 Å². The molecule has 0 spiro atoms. The number of esters is 1. The number of ether oxygens (including phenoxy) is 1. The van der Waals surface area contributed by atoms with Gasteiger partial charge >= 0.3 is 5.97 Å². The summed E-state index contributed by atoms with van der Waals surface area (Å²) in [5.74, 6) is 0.739. The van der Waals surface area contributed by atoms with E-state index in [2.05, 4.69) is 44.9 Å². The minimum Gasteiger partial charge on any atom is -0.425 e. The zero-order valence-electron chi connectivity index (χ0n) is 18.5. The van der Waals surface area contributed by atoms with Crippen LogP contribution in [0.5, 0.6) is 5.75 Å². The number of carbonyl (C=O) groups is 1. The number of fused-ring (bicyclic) bond motifs is 1. The lowest BCUT2D eigenvalue weighted by molar-refractivity contribution is -0.143. The number of hydrogen-bond acceptors (Lipinski definition) is 4. The largest absolute Gasteiger partial charge is 0.425 e. The Morgan fingerprint density at radius 3 is 2.55 bits per heavy atom. The molecule has 1 aliphatic rings. The molecule has 0 aromatic heterocycles. The topological polar surface area (TPSA) is 53.3 Å². The number of rotatable bonds is 2. The first-order valence-corrected chi connectivity index (χ1v) is 10.1. The maximum Gasteiger partial charge on any atom is 0.316 e. The van der Waals surface area contributed by atoms with E-state index in [-0.39, 0.29) is 11.5 Å². The van der Waals surface area contributed by atoms with E-state index in [1.54, 1.807) is 6.07 Å². The van der Waals surface area contributed by atoms with Gasteiger partial charge in [-0.1, -0.05) is 19.1 Å². The molecule has 2 aromatic rings. The molecule has 4 nitrogen and oxygen atoms in total. The van der Waals surface area contributed by atoms with Gasteiger partial charge in [-0.2, -0.15) is 5.26 Å². The first kappa shape index (κ1) is 20.9. The Morgan fingerprint density at radius 2 is 1.93 bits per heavy atom. The molecule has 0 saturated carbocycles. The third-order valence-electron chi connectivity index (χ3n) is 6.29. The molecular formula is C25H30N2O2. The minimum atomic E-state index is -0.611. The van der Waals surface area contributed by atoms with Crippen LogP contribution < -0.4 is 9.64 Å². The summed E-state index contributed by atoms with van der Waals surface area (Å²) in [7, 11) is 2.10. The van der Waals surface area contributed by atoms with Crippen molar-refractivity contribution in [2.75, 3.05) is 11.9 Å². The van der Waals surface area contributed by atoms with Gasteiger partial charge in [-0.15, -0.1) is 0 Å². The highest BCUT2D eigenvalue weighted by Gasteiger charge is 2.39. The first-order valence-electron chi connectivity index (χ1n) is 10.1. The monoisotopic (exact) mass is 390 g/mol. The van der Waals surface area contributed by atoms with E-state index in [1.165, 1.54) is 0 Å². The van der Waals surface area contributed by atoms with E-state index in [0.29, 0.717) is 17.2 Å². The maximum atomic E-state index is 12.8. The van der Waals surface area contributed by atoms with Crippen molar-refractivity contribution in [1.29, 1.82) is 5.26 Å². The third-order valence-corrected chi connectivity index (χ3v) is 6.29. The SMILES string of the molecule is CC1Cc2c(ccc(-c3cccc(C#N)c3)c2OC(=O)C(C)(C)C)N(C)C1(C)C. The molecule has 29 heavy (non-hydrogen) atoms. The fourth-order valence-corrected chi connectivity index (χ4v) is 3.67. The number of hydrogen-bond donors (Lipinski definition) is 0. The van der Waals surface area contributed by atoms with Gasteiger partial charge in [0.2, 0.25) is 0 Å². The molecule has 1 heterocycles. The summed E-state index contributed by atoms with van der Waals surface area (Å²) >= 11 is 0. The predicted octanol–water partition coefficient (Wildman–Crippen LogP) is 5.58. The van der Waals surface area contributed by atoms with E-state index in [9.17, 15) is 10.1 Å². The molecule has 0 bridgehead atoms. The number of carbonyl (C=O) groups excluding carboxylic acids is 1. The Kier molecular flexibility index (Phi) is 5.21. The fourth-order valence-electron chi connectivity index (χ4n) is 3.67. The summed E-state index contributed by atoms with van der Waals surface area (Å²) < 4.78 is 6.05. The highest BCUT2D eigenvalue weighted by molar-refractivity contribution is 5.85. The lowest BCUT2D eigenvalue weighted by Crippen LogP contribution is -2.50. The quantitative estimate of drug-likeness (QED) is 0.496. The number of benzene rings is 2. The van der Waals surface area contributed by atoms with Crippen LogP contribution in [0.2, 0.25) is 0 Å². The molecule has 0 fully saturated rings. The Labute approximate surface area is 174 Å². The third kappa shape index (κ3) is 3.74. The van der Waals surface area contributed by atoms with Crippen LogP contribution in [0.15, 0.2) is 36.4 Å². The summed E-state index contributed by atoms with van der Waals surface area (Å²) in [6, 6.07) is 13.7. The molecular weight excluding hydrogens is 360 g/mol. The van der Waals surface area contributed by atoms with Crippen LogP contribution >= 0.6 is 0 Å². The molecule has 3 rings (SSSR count). The lowest BCUT2D eigenvalue weighted by atomic mass is 9.77. The van der Waals surface area contributed by atoms with Gasteiger partial charge in [0.25, 0.3) is 0 Å². The van der Waals surface area contributed by atoms with Crippen LogP contribution in [0.3, 0.4) is 0 Å². The standard InChI is InChI=1S/C25H30N2O2/c1-16-13-20-21(27(7)25(16,5)6)12-11-19(18-10-8-9-17(14-18)15-26)22(20)29-23(28)24(2,3)4/h8-12,14,16H,13H2,1-7H3. The average molecular weight is 391 g/mol. The van der Waals surface area contributed by atoms with Gasteiger partial charge in [-0.25, -0.2) is 0 Å². The van der Waals surface area contributed by atoms with Crippen molar-refractivity contribution >= 4 is 11.7 Å². The van der Waals surface area contributed by atoms with Crippen molar-refractivity contribution in [2.24, 2.45) is 11.3 Å². The fraction of sp³-hybridized carbons (Fsp3) is 0.440. The van der Waals surface area contributed by atoms with Crippen molar-refractivity contribution in [3.05, 3.63) is 47.5 Å². The molecule has 0 amide bonds. The molecule has 1 unspecified atom stereocenters. The normalized spacial score (nSPS) is 18.0. The van der Waals surface area contributed by atoms with E-state index < -0.39 is 5.41 Å². The Bertz CT molecular complexity index is 993. The minimum absolute atomic E-state index is 0.000543. The first-order chi connectivity index (χ1) is 13.5. The van der Waals surface area contributed by atoms with Crippen LogP contribution in [-0.2, 0) is 11.2 Å². The maximum absolute atomic E-state index is 12.8. The summed E-state index contributed by atoms with van der Waals surface area (Å²) in [5.41, 5.74) is 3.84. The van der Waals surface area contributed by atoms with Crippen molar-refractivity contribution in [2.45, 2.75) is 53.5 Å².